The van der Waals surface area contributed by atoms with Crippen LogP contribution in [0.4, 0.5) is 22.2 Å². The van der Waals surface area contributed by atoms with Gasteiger partial charge in [-0.1, -0.05) is 12.1 Å². The summed E-state index contributed by atoms with van der Waals surface area (Å²) in [5, 5.41) is 3.07. The Hall–Kier alpha value is -2.98. The largest absolute Gasteiger partial charge is 0.368 e. The Bertz CT molecular complexity index is 1100. The van der Waals surface area contributed by atoms with Crippen LogP contribution in [0.25, 0.3) is 10.3 Å². The van der Waals surface area contributed by atoms with E-state index in [1.54, 1.807) is 5.51 Å². The zero-order valence-corrected chi connectivity index (χ0v) is 19.1. The van der Waals surface area contributed by atoms with Crippen molar-refractivity contribution in [3.05, 3.63) is 34.8 Å². The normalized spacial score (nSPS) is 16.9. The topological polar surface area (TPSA) is 104 Å². The van der Waals surface area contributed by atoms with Gasteiger partial charge in [0.2, 0.25) is 5.95 Å². The molecule has 3 heterocycles. The fraction of sp³-hybridized carbons (Fsp3) is 0.429. The van der Waals surface area contributed by atoms with E-state index in [9.17, 15) is 4.79 Å². The number of hydrogen-bond donors (Lipinski definition) is 2. The zero-order valence-electron chi connectivity index (χ0n) is 18.3. The number of benzene rings is 1. The Morgan fingerprint density at radius 1 is 1.32 bits per heavy atom. The second-order valence-corrected chi connectivity index (χ2v) is 9.05. The van der Waals surface area contributed by atoms with E-state index in [2.05, 4.69) is 49.1 Å². The van der Waals surface area contributed by atoms with Crippen LogP contribution < -0.4 is 16.0 Å². The molecule has 0 aliphatic carbocycles. The van der Waals surface area contributed by atoms with Crippen LogP contribution in [0.3, 0.4) is 0 Å². The maximum absolute atomic E-state index is 12.9. The van der Waals surface area contributed by atoms with Crippen LogP contribution in [0.15, 0.2) is 23.7 Å². The SMILES string of the molecule is Cc1cc(CN(C)C)ccc1NC(=O)N1CCN(c2nc(N)nc3scnc23)C(C)C1. The first-order chi connectivity index (χ1) is 14.8. The van der Waals surface area contributed by atoms with Gasteiger partial charge in [-0.25, -0.2) is 14.8 Å². The van der Waals surface area contributed by atoms with E-state index >= 15 is 0 Å². The number of nitrogens with one attached hydrogen (secondary N) is 1. The number of rotatable bonds is 4. The molecule has 1 aromatic carbocycles. The van der Waals surface area contributed by atoms with E-state index in [4.69, 9.17) is 5.73 Å². The van der Waals surface area contributed by atoms with Crippen molar-refractivity contribution in [3.63, 3.8) is 0 Å². The molecule has 31 heavy (non-hydrogen) atoms. The number of hydrogen-bond acceptors (Lipinski definition) is 8. The van der Waals surface area contributed by atoms with Crippen LogP contribution in [-0.2, 0) is 6.54 Å². The van der Waals surface area contributed by atoms with Gasteiger partial charge in [-0.05, 0) is 45.1 Å². The number of nitrogens with zero attached hydrogens (tertiary/aromatic N) is 6. The van der Waals surface area contributed by atoms with Gasteiger partial charge < -0.3 is 25.8 Å². The highest BCUT2D eigenvalue weighted by Gasteiger charge is 2.29. The number of fused-ring (bicyclic) bond motifs is 1. The van der Waals surface area contributed by atoms with E-state index in [0.29, 0.717) is 19.6 Å². The Balaban J connectivity index is 1.44. The monoisotopic (exact) mass is 440 g/mol. The van der Waals surface area contributed by atoms with E-state index in [1.807, 2.05) is 32.0 Å². The number of thiazole rings is 1. The van der Waals surface area contributed by atoms with Gasteiger partial charge in [0.15, 0.2) is 10.6 Å². The molecule has 0 radical (unpaired) electrons. The lowest BCUT2D eigenvalue weighted by molar-refractivity contribution is 0.200. The second kappa shape index (κ2) is 8.64. The summed E-state index contributed by atoms with van der Waals surface area (Å²) >= 11 is 1.45. The minimum absolute atomic E-state index is 0.0715. The summed E-state index contributed by atoms with van der Waals surface area (Å²) in [6.45, 7) is 6.79. The van der Waals surface area contributed by atoms with Gasteiger partial charge in [-0.15, -0.1) is 11.3 Å². The molecule has 4 rings (SSSR count). The number of aromatic nitrogens is 3. The molecule has 1 unspecified atom stereocenters. The average molecular weight is 441 g/mol. The second-order valence-electron chi connectivity index (χ2n) is 8.22. The lowest BCUT2D eigenvalue weighted by Gasteiger charge is -2.40. The molecule has 0 saturated carbocycles. The van der Waals surface area contributed by atoms with Crippen LogP contribution in [0, 0.1) is 6.92 Å². The van der Waals surface area contributed by atoms with Crippen molar-refractivity contribution in [1.82, 2.24) is 24.8 Å². The predicted molar refractivity (Wildman–Crippen MR) is 126 cm³/mol. The first-order valence-corrected chi connectivity index (χ1v) is 11.1. The molecule has 10 heteroatoms. The number of carbonyl (C=O) groups excluding carboxylic acids is 1. The lowest BCUT2D eigenvalue weighted by Crippen LogP contribution is -2.55. The third kappa shape index (κ3) is 4.54. The number of urea groups is 1. The average Bonchev–Trinajstić information content (AvgIpc) is 3.17. The minimum atomic E-state index is -0.0871. The van der Waals surface area contributed by atoms with Crippen LogP contribution in [0.5, 0.6) is 0 Å². The Morgan fingerprint density at radius 3 is 2.84 bits per heavy atom. The lowest BCUT2D eigenvalue weighted by atomic mass is 10.1. The van der Waals surface area contributed by atoms with Crippen LogP contribution in [-0.4, -0.2) is 70.6 Å². The fourth-order valence-electron chi connectivity index (χ4n) is 3.94. The molecule has 2 amide bonds. The molecule has 164 valence electrons. The van der Waals surface area contributed by atoms with Crippen LogP contribution in [0.1, 0.15) is 18.1 Å². The summed E-state index contributed by atoms with van der Waals surface area (Å²) in [5.41, 5.74) is 11.5. The van der Waals surface area contributed by atoms with Gasteiger partial charge in [-0.3, -0.25) is 0 Å². The number of nitrogen functional groups attached to an aromatic ring is 1. The molecule has 1 aliphatic heterocycles. The highest BCUT2D eigenvalue weighted by atomic mass is 32.1. The number of carbonyl (C=O) groups is 1. The Kier molecular flexibility index (Phi) is 5.92. The summed E-state index contributed by atoms with van der Waals surface area (Å²) in [7, 11) is 4.09. The van der Waals surface area contributed by atoms with Gasteiger partial charge >= 0.3 is 6.03 Å². The summed E-state index contributed by atoms with van der Waals surface area (Å²) in [6, 6.07) is 6.14. The van der Waals surface area contributed by atoms with Gasteiger partial charge in [0, 0.05) is 37.9 Å². The van der Waals surface area contributed by atoms with Gasteiger partial charge in [0.05, 0.1) is 5.51 Å². The van der Waals surface area contributed by atoms with Crippen molar-refractivity contribution in [1.29, 1.82) is 0 Å². The molecule has 1 atom stereocenters. The molecule has 1 fully saturated rings. The van der Waals surface area contributed by atoms with E-state index in [0.717, 1.165) is 34.0 Å². The van der Waals surface area contributed by atoms with Crippen LogP contribution in [0.2, 0.25) is 0 Å². The number of piperazine rings is 1. The zero-order chi connectivity index (χ0) is 22.1. The first kappa shape index (κ1) is 21.3. The van der Waals surface area contributed by atoms with Gasteiger partial charge in [-0.2, -0.15) is 4.98 Å². The molecule has 1 saturated heterocycles. The van der Waals surface area contributed by atoms with Crippen molar-refractivity contribution >= 4 is 45.2 Å². The molecule has 9 nitrogen and oxygen atoms in total. The van der Waals surface area contributed by atoms with Crippen molar-refractivity contribution in [2.24, 2.45) is 0 Å². The van der Waals surface area contributed by atoms with Crippen molar-refractivity contribution in [2.75, 3.05) is 49.7 Å². The fourth-order valence-corrected chi connectivity index (χ4v) is 4.60. The van der Waals surface area contributed by atoms with E-state index in [1.165, 1.54) is 16.9 Å². The molecular formula is C21H28N8OS. The molecule has 0 spiro atoms. The van der Waals surface area contributed by atoms with Crippen molar-refractivity contribution < 1.29 is 4.79 Å². The highest BCUT2D eigenvalue weighted by Crippen LogP contribution is 2.29. The number of nitrogens with two attached hydrogens (primary N) is 1. The van der Waals surface area contributed by atoms with Crippen LogP contribution >= 0.6 is 11.3 Å². The van der Waals surface area contributed by atoms with E-state index < -0.39 is 0 Å². The predicted octanol–water partition coefficient (Wildman–Crippen LogP) is 2.78. The summed E-state index contributed by atoms with van der Waals surface area (Å²) in [5.74, 6) is 0.982. The number of anilines is 3. The summed E-state index contributed by atoms with van der Waals surface area (Å²) < 4.78 is 0. The summed E-state index contributed by atoms with van der Waals surface area (Å²) in [6.07, 6.45) is 0. The third-order valence-electron chi connectivity index (χ3n) is 5.42. The Labute approximate surface area is 185 Å². The number of aryl methyl sites for hydroxylation is 1. The number of amides is 2. The van der Waals surface area contributed by atoms with Gasteiger partial charge in [0.25, 0.3) is 0 Å². The van der Waals surface area contributed by atoms with Gasteiger partial charge in [0.1, 0.15) is 5.52 Å². The highest BCUT2D eigenvalue weighted by molar-refractivity contribution is 7.16. The van der Waals surface area contributed by atoms with Crippen molar-refractivity contribution in [2.45, 2.75) is 26.4 Å². The molecule has 1 aliphatic rings. The summed E-state index contributed by atoms with van der Waals surface area (Å²) in [4.78, 5) is 32.9. The molecule has 3 aromatic rings. The molecule has 3 N–H and O–H groups in total. The standard InChI is InChI=1S/C21H28N8OS/c1-13-9-15(11-27(3)4)5-6-16(13)24-21(30)28-7-8-29(14(2)10-28)18-17-19(31-12-23-17)26-20(22)25-18/h5-6,9,12,14H,7-8,10-11H2,1-4H3,(H,24,30)(H2,22,25,26). The smallest absolute Gasteiger partial charge is 0.321 e. The molecule has 0 bridgehead atoms. The quantitative estimate of drug-likeness (QED) is 0.643. The third-order valence-corrected chi connectivity index (χ3v) is 6.13. The molecule has 2 aromatic heterocycles. The maximum Gasteiger partial charge on any atom is 0.321 e. The molecular weight excluding hydrogens is 412 g/mol. The van der Waals surface area contributed by atoms with E-state index in [-0.39, 0.29) is 18.0 Å². The maximum atomic E-state index is 12.9. The Morgan fingerprint density at radius 2 is 2.13 bits per heavy atom. The minimum Gasteiger partial charge on any atom is -0.368 e. The van der Waals surface area contributed by atoms with Crippen molar-refractivity contribution in [3.8, 4) is 0 Å². The first-order valence-electron chi connectivity index (χ1n) is 10.3.